The Hall–Kier alpha value is -3.45. The summed E-state index contributed by atoms with van der Waals surface area (Å²) in [6.45, 7) is 10.8. The minimum atomic E-state index is -0.402. The molecule has 4 unspecified atom stereocenters. The summed E-state index contributed by atoms with van der Waals surface area (Å²) in [5.74, 6) is 2.42. The van der Waals surface area contributed by atoms with Gasteiger partial charge in [-0.05, 0) is 73.5 Å². The number of fused-ring (bicyclic) bond motifs is 3. The first-order valence-corrected chi connectivity index (χ1v) is 13.5. The van der Waals surface area contributed by atoms with Crippen LogP contribution in [-0.2, 0) is 10.2 Å². The van der Waals surface area contributed by atoms with Crippen LogP contribution in [0.4, 0.5) is 10.5 Å². The molecule has 0 spiro atoms. The largest absolute Gasteiger partial charge is 0.496 e. The molecular formula is C31H38N4O3. The number of hydrogen-bond donors (Lipinski definition) is 1. The van der Waals surface area contributed by atoms with E-state index in [0.717, 1.165) is 60.1 Å². The minimum Gasteiger partial charge on any atom is -0.496 e. The van der Waals surface area contributed by atoms with Crippen molar-refractivity contribution in [1.82, 2.24) is 14.9 Å². The topological polar surface area (TPSA) is 76.6 Å². The second-order valence-electron chi connectivity index (χ2n) is 11.5. The molecule has 2 bridgehead atoms. The summed E-state index contributed by atoms with van der Waals surface area (Å²) in [5, 5.41) is 2.87. The Bertz CT molecular complexity index is 1290. The Kier molecular flexibility index (Phi) is 7.39. The Balaban J connectivity index is 1.21. The molecule has 0 aliphatic carbocycles. The van der Waals surface area contributed by atoms with Gasteiger partial charge in [0.1, 0.15) is 18.2 Å². The van der Waals surface area contributed by atoms with Crippen molar-refractivity contribution in [3.63, 3.8) is 0 Å². The van der Waals surface area contributed by atoms with Crippen LogP contribution >= 0.6 is 0 Å². The fourth-order valence-corrected chi connectivity index (χ4v) is 5.80. The first kappa shape index (κ1) is 26.2. The fraction of sp³-hybridized carbons (Fsp3) is 0.452. The van der Waals surface area contributed by atoms with Crippen LogP contribution in [0.3, 0.4) is 0 Å². The molecule has 4 heterocycles. The van der Waals surface area contributed by atoms with Crippen molar-refractivity contribution in [3.05, 3.63) is 71.7 Å². The summed E-state index contributed by atoms with van der Waals surface area (Å²) in [6.07, 6.45) is 1.71. The highest BCUT2D eigenvalue weighted by Gasteiger charge is 2.42. The van der Waals surface area contributed by atoms with Crippen LogP contribution < -0.4 is 10.1 Å². The monoisotopic (exact) mass is 514 g/mol. The maximum Gasteiger partial charge on any atom is 0.411 e. The summed E-state index contributed by atoms with van der Waals surface area (Å²) in [7, 11) is 1.69. The number of anilines is 1. The summed E-state index contributed by atoms with van der Waals surface area (Å²) in [5.41, 5.74) is 5.02. The van der Waals surface area contributed by atoms with E-state index in [9.17, 15) is 4.79 Å². The minimum absolute atomic E-state index is 0.0755. The van der Waals surface area contributed by atoms with Crippen molar-refractivity contribution in [3.8, 4) is 17.0 Å². The van der Waals surface area contributed by atoms with Gasteiger partial charge in [0, 0.05) is 35.4 Å². The Labute approximate surface area is 225 Å². The quantitative estimate of drug-likeness (QED) is 0.423. The zero-order valence-electron chi connectivity index (χ0n) is 23.0. The van der Waals surface area contributed by atoms with Crippen LogP contribution in [0.15, 0.2) is 54.6 Å². The Morgan fingerprint density at radius 2 is 1.87 bits per heavy atom. The molecule has 7 heteroatoms. The number of piperidine rings is 3. The summed E-state index contributed by atoms with van der Waals surface area (Å²) in [4.78, 5) is 24.5. The predicted molar refractivity (Wildman–Crippen MR) is 150 cm³/mol. The number of benzene rings is 2. The second-order valence-corrected chi connectivity index (χ2v) is 11.5. The summed E-state index contributed by atoms with van der Waals surface area (Å²) in [6, 6.07) is 18.3. The SMILES string of the molecule is COc1ccccc1-c1cc(C2CN3CCC2CC3COC(=O)Nc2ccc(C(C)(C)C)cc2)nc(C)n1. The van der Waals surface area contributed by atoms with Crippen LogP contribution in [-0.4, -0.2) is 53.8 Å². The van der Waals surface area contributed by atoms with Gasteiger partial charge in [-0.25, -0.2) is 14.8 Å². The third kappa shape index (κ3) is 5.68. The molecule has 3 aliphatic rings. The van der Waals surface area contributed by atoms with E-state index < -0.39 is 6.09 Å². The fourth-order valence-electron chi connectivity index (χ4n) is 5.80. The van der Waals surface area contributed by atoms with Crippen LogP contribution in [0, 0.1) is 12.8 Å². The molecule has 0 saturated carbocycles. The van der Waals surface area contributed by atoms with Crippen LogP contribution in [0.25, 0.3) is 11.3 Å². The highest BCUT2D eigenvalue weighted by molar-refractivity contribution is 5.84. The lowest BCUT2D eigenvalue weighted by Gasteiger charge is -2.49. The van der Waals surface area contributed by atoms with Crippen LogP contribution in [0.2, 0.25) is 0 Å². The standard InChI is InChI=1S/C31H38N4O3/c1-20-32-27(25-8-6-7-9-29(25)37-5)17-28(33-20)26-18-35-15-14-21(26)16-24(35)19-38-30(36)34-23-12-10-22(11-13-23)31(2,3)4/h6-13,17,21,24,26H,14-16,18-19H2,1-5H3,(H,34,36). The van der Waals surface area contributed by atoms with E-state index in [1.54, 1.807) is 7.11 Å². The molecule has 6 rings (SSSR count). The van der Waals surface area contributed by atoms with E-state index >= 15 is 0 Å². The normalized spacial score (nSPS) is 22.7. The lowest BCUT2D eigenvalue weighted by Crippen LogP contribution is -2.54. The number of hydrogen-bond acceptors (Lipinski definition) is 6. The lowest BCUT2D eigenvalue weighted by atomic mass is 9.74. The second kappa shape index (κ2) is 10.7. The van der Waals surface area contributed by atoms with Gasteiger partial charge in [0.2, 0.25) is 0 Å². The Morgan fingerprint density at radius 1 is 1.11 bits per heavy atom. The maximum atomic E-state index is 12.5. The molecule has 38 heavy (non-hydrogen) atoms. The number of carbonyl (C=O) groups is 1. The smallest absolute Gasteiger partial charge is 0.411 e. The van der Waals surface area contributed by atoms with E-state index in [-0.39, 0.29) is 11.5 Å². The highest BCUT2D eigenvalue weighted by Crippen LogP contribution is 2.42. The molecule has 3 saturated heterocycles. The van der Waals surface area contributed by atoms with E-state index in [0.29, 0.717) is 18.4 Å². The predicted octanol–water partition coefficient (Wildman–Crippen LogP) is 6.18. The van der Waals surface area contributed by atoms with Crippen molar-refractivity contribution >= 4 is 11.8 Å². The van der Waals surface area contributed by atoms with Gasteiger partial charge in [0.25, 0.3) is 0 Å². The first-order valence-electron chi connectivity index (χ1n) is 13.5. The van der Waals surface area contributed by atoms with Gasteiger partial charge in [-0.1, -0.05) is 45.0 Å². The van der Waals surface area contributed by atoms with E-state index in [2.05, 4.69) is 49.2 Å². The number of aromatic nitrogens is 2. The zero-order chi connectivity index (χ0) is 26.9. The van der Waals surface area contributed by atoms with Crippen LogP contribution in [0.5, 0.6) is 5.75 Å². The van der Waals surface area contributed by atoms with Gasteiger partial charge in [-0.2, -0.15) is 0 Å². The molecule has 1 N–H and O–H groups in total. The van der Waals surface area contributed by atoms with Gasteiger partial charge in [0.05, 0.1) is 12.8 Å². The molecule has 3 aliphatic heterocycles. The van der Waals surface area contributed by atoms with Crippen molar-refractivity contribution in [2.24, 2.45) is 5.92 Å². The molecular weight excluding hydrogens is 476 g/mol. The lowest BCUT2D eigenvalue weighted by molar-refractivity contribution is -0.00151. The van der Waals surface area contributed by atoms with Gasteiger partial charge in [0.15, 0.2) is 0 Å². The maximum absolute atomic E-state index is 12.5. The average molecular weight is 515 g/mol. The number of nitrogens with one attached hydrogen (secondary N) is 1. The molecule has 2 aromatic carbocycles. The van der Waals surface area contributed by atoms with E-state index in [1.165, 1.54) is 5.56 Å². The third-order valence-electron chi connectivity index (χ3n) is 7.90. The van der Waals surface area contributed by atoms with Crippen molar-refractivity contribution < 1.29 is 14.3 Å². The number of nitrogens with zero attached hydrogens (tertiary/aromatic N) is 3. The molecule has 1 aromatic heterocycles. The molecule has 1 amide bonds. The number of ether oxygens (including phenoxy) is 2. The number of carbonyl (C=O) groups excluding carboxylic acids is 1. The molecule has 0 radical (unpaired) electrons. The number of aryl methyl sites for hydroxylation is 1. The summed E-state index contributed by atoms with van der Waals surface area (Å²) < 4.78 is 11.2. The first-order chi connectivity index (χ1) is 18.2. The molecule has 3 fully saturated rings. The Morgan fingerprint density at radius 3 is 2.55 bits per heavy atom. The van der Waals surface area contributed by atoms with Gasteiger partial charge in [-0.3, -0.25) is 10.2 Å². The van der Waals surface area contributed by atoms with Crippen molar-refractivity contribution in [2.75, 3.05) is 32.1 Å². The third-order valence-corrected chi connectivity index (χ3v) is 7.90. The zero-order valence-corrected chi connectivity index (χ0v) is 23.0. The van der Waals surface area contributed by atoms with Gasteiger partial charge >= 0.3 is 6.09 Å². The number of amides is 1. The highest BCUT2D eigenvalue weighted by atomic mass is 16.5. The number of methoxy groups -OCH3 is 1. The molecule has 200 valence electrons. The molecule has 4 atom stereocenters. The van der Waals surface area contributed by atoms with E-state index in [4.69, 9.17) is 19.4 Å². The summed E-state index contributed by atoms with van der Waals surface area (Å²) >= 11 is 0. The van der Waals surface area contributed by atoms with Crippen molar-refractivity contribution in [1.29, 1.82) is 0 Å². The molecule has 7 nitrogen and oxygen atoms in total. The number of rotatable bonds is 6. The van der Waals surface area contributed by atoms with Crippen molar-refractivity contribution in [2.45, 2.75) is 57.9 Å². The van der Waals surface area contributed by atoms with Gasteiger partial charge < -0.3 is 9.47 Å². The molecule has 3 aromatic rings. The van der Waals surface area contributed by atoms with Gasteiger partial charge in [-0.15, -0.1) is 0 Å². The van der Waals surface area contributed by atoms with Crippen LogP contribution in [0.1, 0.15) is 56.6 Å². The number of para-hydroxylation sites is 1. The van der Waals surface area contributed by atoms with E-state index in [1.807, 2.05) is 43.3 Å². The average Bonchev–Trinajstić information content (AvgIpc) is 2.91.